The van der Waals surface area contributed by atoms with Crippen molar-refractivity contribution in [2.75, 3.05) is 0 Å². The van der Waals surface area contributed by atoms with Gasteiger partial charge in [0.2, 0.25) is 0 Å². The minimum atomic E-state index is -2.10. The maximum atomic E-state index is 10.3. The Balaban J connectivity index is 2.00. The first kappa shape index (κ1) is 14.2. The molecule has 0 aliphatic rings. The van der Waals surface area contributed by atoms with Crippen molar-refractivity contribution in [1.82, 2.24) is 14.5 Å². The zero-order valence-corrected chi connectivity index (χ0v) is 13.2. The van der Waals surface area contributed by atoms with E-state index in [2.05, 4.69) is 34.6 Å². The summed E-state index contributed by atoms with van der Waals surface area (Å²) >= 11 is 0. The number of rotatable bonds is 5. The predicted octanol–water partition coefficient (Wildman–Crippen LogP) is 3.19. The fraction of sp³-hybridized carbons (Fsp3) is 0.571. The van der Waals surface area contributed by atoms with E-state index in [1.807, 2.05) is 25.4 Å². The Bertz CT molecular complexity index is 557. The van der Waals surface area contributed by atoms with Gasteiger partial charge >= 0.3 is 0 Å². The van der Waals surface area contributed by atoms with Crippen LogP contribution < -0.4 is 0 Å². The molecule has 0 radical (unpaired) electrons. The summed E-state index contributed by atoms with van der Waals surface area (Å²) in [6, 6.07) is 2.05. The van der Waals surface area contributed by atoms with Crippen LogP contribution in [-0.4, -0.2) is 27.6 Å². The second kappa shape index (κ2) is 5.05. The Morgan fingerprint density at radius 3 is 2.79 bits per heavy atom. The molecule has 2 heterocycles. The van der Waals surface area contributed by atoms with Gasteiger partial charge in [-0.2, -0.15) is 0 Å². The van der Waals surface area contributed by atoms with Crippen molar-refractivity contribution in [2.45, 2.75) is 51.4 Å². The van der Waals surface area contributed by atoms with Gasteiger partial charge in [0.25, 0.3) is 0 Å². The molecule has 0 aliphatic carbocycles. The molecule has 0 unspecified atom stereocenters. The summed E-state index contributed by atoms with van der Waals surface area (Å²) in [4.78, 5) is 18.6. The average Bonchev–Trinajstić information content (AvgIpc) is 2.71. The van der Waals surface area contributed by atoms with E-state index in [4.69, 9.17) is 0 Å². The van der Waals surface area contributed by atoms with E-state index in [0.29, 0.717) is 0 Å². The second-order valence-corrected chi connectivity index (χ2v) is 10.8. The van der Waals surface area contributed by atoms with Gasteiger partial charge in [-0.15, -0.1) is 0 Å². The van der Waals surface area contributed by atoms with Crippen molar-refractivity contribution in [3.05, 3.63) is 24.8 Å². The summed E-state index contributed by atoms with van der Waals surface area (Å²) in [5.74, 6) is 0. The van der Waals surface area contributed by atoms with E-state index in [9.17, 15) is 4.80 Å². The number of nitrogens with zero attached hydrogens (tertiary/aromatic N) is 3. The van der Waals surface area contributed by atoms with Crippen LogP contribution >= 0.6 is 0 Å². The standard InChI is InChI=1S/C14H23N3OSi/c1-14(2,19(3,4)18)7-5-8-17-9-6-12-10-15-11-16-13(12)17/h6,9-11,18H,5,7-8H2,1-4H3. The molecule has 0 saturated carbocycles. The van der Waals surface area contributed by atoms with Gasteiger partial charge in [0.05, 0.1) is 0 Å². The number of fused-ring (bicyclic) bond motifs is 1. The first-order valence-corrected chi connectivity index (χ1v) is 9.73. The van der Waals surface area contributed by atoms with Crippen LogP contribution in [0.15, 0.2) is 24.8 Å². The number of hydrogen-bond acceptors (Lipinski definition) is 3. The van der Waals surface area contributed by atoms with Gasteiger partial charge in [0.1, 0.15) is 12.0 Å². The molecule has 2 aromatic rings. The second-order valence-electron chi connectivity index (χ2n) is 6.36. The van der Waals surface area contributed by atoms with Crippen molar-refractivity contribution in [1.29, 1.82) is 0 Å². The molecule has 0 spiro atoms. The highest BCUT2D eigenvalue weighted by Gasteiger charge is 2.37. The largest absolute Gasteiger partial charge is 0.432 e. The lowest BCUT2D eigenvalue weighted by Gasteiger charge is -2.35. The van der Waals surface area contributed by atoms with Gasteiger partial charge in [-0.3, -0.25) is 0 Å². The first-order chi connectivity index (χ1) is 8.81. The third-order valence-electron chi connectivity index (χ3n) is 4.28. The van der Waals surface area contributed by atoms with Crippen molar-refractivity contribution in [3.63, 3.8) is 0 Å². The van der Waals surface area contributed by atoms with Gasteiger partial charge in [0, 0.05) is 24.3 Å². The molecule has 0 fully saturated rings. The van der Waals surface area contributed by atoms with E-state index < -0.39 is 8.32 Å². The summed E-state index contributed by atoms with van der Waals surface area (Å²) in [5, 5.41) is 1.13. The van der Waals surface area contributed by atoms with Crippen LogP contribution in [0.2, 0.25) is 18.1 Å². The normalized spacial score (nSPS) is 13.1. The first-order valence-electron chi connectivity index (χ1n) is 6.78. The molecule has 0 atom stereocenters. The zero-order chi connectivity index (χ0) is 14.1. The monoisotopic (exact) mass is 277 g/mol. The molecule has 0 bridgehead atoms. The molecule has 0 aromatic carbocycles. The van der Waals surface area contributed by atoms with E-state index >= 15 is 0 Å². The highest BCUT2D eigenvalue weighted by molar-refractivity contribution is 6.72. The maximum Gasteiger partial charge on any atom is 0.188 e. The van der Waals surface area contributed by atoms with Gasteiger partial charge in [0.15, 0.2) is 8.32 Å². The Labute approximate surface area is 115 Å². The quantitative estimate of drug-likeness (QED) is 0.854. The molecule has 5 heteroatoms. The van der Waals surface area contributed by atoms with Crippen molar-refractivity contribution < 1.29 is 4.80 Å². The molecule has 0 saturated heterocycles. The molecule has 104 valence electrons. The summed E-state index contributed by atoms with van der Waals surface area (Å²) < 4.78 is 2.17. The Morgan fingerprint density at radius 1 is 1.37 bits per heavy atom. The highest BCUT2D eigenvalue weighted by Crippen LogP contribution is 2.39. The van der Waals surface area contributed by atoms with E-state index in [1.54, 1.807) is 6.33 Å². The fourth-order valence-corrected chi connectivity index (χ4v) is 2.90. The minimum Gasteiger partial charge on any atom is -0.432 e. The maximum absolute atomic E-state index is 10.3. The van der Waals surface area contributed by atoms with Crippen molar-refractivity contribution in [3.8, 4) is 0 Å². The third kappa shape index (κ3) is 3.04. The number of aromatic nitrogens is 3. The van der Waals surface area contributed by atoms with Crippen LogP contribution in [0.1, 0.15) is 26.7 Å². The van der Waals surface area contributed by atoms with Crippen LogP contribution in [0.4, 0.5) is 0 Å². The van der Waals surface area contributed by atoms with Crippen LogP contribution in [0.5, 0.6) is 0 Å². The van der Waals surface area contributed by atoms with Gasteiger partial charge in [-0.25, -0.2) is 9.97 Å². The molecular formula is C14H23N3OSi. The van der Waals surface area contributed by atoms with Crippen LogP contribution in [-0.2, 0) is 6.54 Å². The van der Waals surface area contributed by atoms with E-state index in [-0.39, 0.29) is 5.04 Å². The summed E-state index contributed by atoms with van der Waals surface area (Å²) in [6.07, 6.45) is 7.58. The third-order valence-corrected chi connectivity index (χ3v) is 7.84. The fourth-order valence-electron chi connectivity index (χ4n) is 2.11. The van der Waals surface area contributed by atoms with Crippen LogP contribution in [0, 0.1) is 0 Å². The van der Waals surface area contributed by atoms with Crippen LogP contribution in [0.25, 0.3) is 11.0 Å². The summed E-state index contributed by atoms with van der Waals surface area (Å²) in [5.41, 5.74) is 0.994. The van der Waals surface area contributed by atoms with Crippen LogP contribution in [0.3, 0.4) is 0 Å². The minimum absolute atomic E-state index is 0.0466. The molecule has 2 aromatic heterocycles. The lowest BCUT2D eigenvalue weighted by atomic mass is 10.1. The molecule has 0 amide bonds. The molecular weight excluding hydrogens is 254 g/mol. The number of aryl methyl sites for hydroxylation is 1. The molecule has 1 N–H and O–H groups in total. The van der Waals surface area contributed by atoms with Crippen molar-refractivity contribution >= 4 is 19.4 Å². The Kier molecular flexibility index (Phi) is 3.78. The zero-order valence-electron chi connectivity index (χ0n) is 12.2. The predicted molar refractivity (Wildman–Crippen MR) is 80.5 cm³/mol. The average molecular weight is 277 g/mol. The van der Waals surface area contributed by atoms with Crippen molar-refractivity contribution in [2.24, 2.45) is 0 Å². The van der Waals surface area contributed by atoms with Gasteiger partial charge in [-0.1, -0.05) is 13.8 Å². The Morgan fingerprint density at radius 2 is 2.11 bits per heavy atom. The van der Waals surface area contributed by atoms with Gasteiger partial charge in [-0.05, 0) is 37.0 Å². The highest BCUT2D eigenvalue weighted by atomic mass is 28.4. The van der Waals surface area contributed by atoms with Gasteiger partial charge < -0.3 is 9.36 Å². The molecule has 2 rings (SSSR count). The van der Waals surface area contributed by atoms with E-state index in [0.717, 1.165) is 30.4 Å². The molecule has 0 aliphatic heterocycles. The molecule has 4 nitrogen and oxygen atoms in total. The lowest BCUT2D eigenvalue weighted by molar-refractivity contribution is 0.432. The smallest absolute Gasteiger partial charge is 0.188 e. The number of hydrogen-bond donors (Lipinski definition) is 1. The molecule has 19 heavy (non-hydrogen) atoms. The SMILES string of the molecule is CC(C)(CCCn1ccc2cncnc21)[Si](C)(C)O. The van der Waals surface area contributed by atoms with E-state index in [1.165, 1.54) is 0 Å². The summed E-state index contributed by atoms with van der Waals surface area (Å²) in [7, 11) is -2.10. The lowest BCUT2D eigenvalue weighted by Crippen LogP contribution is -2.39. The summed E-state index contributed by atoms with van der Waals surface area (Å²) in [6.45, 7) is 9.33. The Hall–Kier alpha value is -1.20. The topological polar surface area (TPSA) is 50.9 Å².